The van der Waals surface area contributed by atoms with Gasteiger partial charge in [-0.2, -0.15) is 0 Å². The summed E-state index contributed by atoms with van der Waals surface area (Å²) in [7, 11) is 0. The molecule has 0 aliphatic rings. The van der Waals surface area contributed by atoms with Gasteiger partial charge in [-0.05, 0) is 24.3 Å². The number of pyridine rings is 1. The lowest BCUT2D eigenvalue weighted by molar-refractivity contribution is 1.13. The van der Waals surface area contributed by atoms with Gasteiger partial charge in [-0.25, -0.2) is 15.0 Å². The molecule has 0 radical (unpaired) electrons. The Hall–Kier alpha value is -3.41. The van der Waals surface area contributed by atoms with Crippen molar-refractivity contribution < 1.29 is 0 Å². The van der Waals surface area contributed by atoms with Crippen LogP contribution in [0.1, 0.15) is 0 Å². The van der Waals surface area contributed by atoms with Crippen LogP contribution in [0.15, 0.2) is 67.4 Å². The van der Waals surface area contributed by atoms with E-state index in [0.717, 1.165) is 22.4 Å². The van der Waals surface area contributed by atoms with Crippen LogP contribution >= 0.6 is 0 Å². The highest BCUT2D eigenvalue weighted by atomic mass is 15.0. The van der Waals surface area contributed by atoms with Crippen LogP contribution in [0, 0.1) is 0 Å². The van der Waals surface area contributed by atoms with E-state index >= 15 is 0 Å². The van der Waals surface area contributed by atoms with Crippen molar-refractivity contribution in [2.75, 3.05) is 5.32 Å². The minimum atomic E-state index is 0.536. The van der Waals surface area contributed by atoms with E-state index in [4.69, 9.17) is 0 Å². The van der Waals surface area contributed by atoms with Crippen molar-refractivity contribution in [3.63, 3.8) is 0 Å². The first kappa shape index (κ1) is 13.3. The summed E-state index contributed by atoms with van der Waals surface area (Å²) in [5.74, 6) is 1.26. The molecular weight excluding hydrogens is 288 g/mol. The third-order valence-electron chi connectivity index (χ3n) is 3.34. The molecule has 1 N–H and O–H groups in total. The summed E-state index contributed by atoms with van der Waals surface area (Å²) >= 11 is 0. The van der Waals surface area contributed by atoms with Crippen molar-refractivity contribution >= 4 is 22.4 Å². The van der Waals surface area contributed by atoms with Crippen LogP contribution in [0.4, 0.5) is 11.5 Å². The van der Waals surface area contributed by atoms with Gasteiger partial charge in [0.2, 0.25) is 0 Å². The lowest BCUT2D eigenvalue weighted by Gasteiger charge is -2.10. The van der Waals surface area contributed by atoms with Crippen LogP contribution in [-0.4, -0.2) is 24.9 Å². The summed E-state index contributed by atoms with van der Waals surface area (Å²) in [6.07, 6.45) is 8.37. The Labute approximate surface area is 132 Å². The Morgan fingerprint density at radius 2 is 1.65 bits per heavy atom. The molecule has 3 heterocycles. The predicted molar refractivity (Wildman–Crippen MR) is 88.1 cm³/mol. The van der Waals surface area contributed by atoms with E-state index in [2.05, 4.69) is 30.2 Å². The molecule has 3 aromatic heterocycles. The summed E-state index contributed by atoms with van der Waals surface area (Å²) in [5, 5.41) is 4.26. The number of aromatic nitrogens is 5. The molecule has 0 unspecified atom stereocenters. The SMILES string of the molecule is c1ccc2c(Nc3ccncc3)nc(-c3cnccn3)nc2c1. The van der Waals surface area contributed by atoms with E-state index in [1.165, 1.54) is 0 Å². The first-order valence-electron chi connectivity index (χ1n) is 7.10. The zero-order chi connectivity index (χ0) is 15.5. The van der Waals surface area contributed by atoms with Crippen LogP contribution < -0.4 is 5.32 Å². The van der Waals surface area contributed by atoms with Crippen LogP contribution in [0.25, 0.3) is 22.4 Å². The first-order chi connectivity index (χ1) is 11.4. The largest absolute Gasteiger partial charge is 0.340 e. The summed E-state index contributed by atoms with van der Waals surface area (Å²) < 4.78 is 0. The molecule has 0 aliphatic carbocycles. The van der Waals surface area contributed by atoms with E-state index < -0.39 is 0 Å². The molecule has 0 fully saturated rings. The topological polar surface area (TPSA) is 76.5 Å². The average Bonchev–Trinajstić information content (AvgIpc) is 2.63. The number of hydrogen-bond donors (Lipinski definition) is 1. The average molecular weight is 300 g/mol. The quantitative estimate of drug-likeness (QED) is 0.626. The van der Waals surface area contributed by atoms with E-state index in [1.807, 2.05) is 36.4 Å². The molecule has 23 heavy (non-hydrogen) atoms. The maximum Gasteiger partial charge on any atom is 0.182 e. The summed E-state index contributed by atoms with van der Waals surface area (Å²) in [6.45, 7) is 0. The molecule has 6 nitrogen and oxygen atoms in total. The molecule has 0 aliphatic heterocycles. The predicted octanol–water partition coefficient (Wildman–Crippen LogP) is 3.23. The molecular formula is C17H12N6. The van der Waals surface area contributed by atoms with Crippen LogP contribution in [0.5, 0.6) is 0 Å². The van der Waals surface area contributed by atoms with Crippen LogP contribution in [0.3, 0.4) is 0 Å². The Morgan fingerprint density at radius 3 is 2.48 bits per heavy atom. The number of anilines is 2. The number of hydrogen-bond acceptors (Lipinski definition) is 6. The standard InChI is InChI=1S/C17H12N6/c1-2-4-14-13(3-1)16(21-12-5-7-18-8-6-12)23-17(22-14)15-11-19-9-10-20-15/h1-11H,(H,18,21,22,23). The minimum Gasteiger partial charge on any atom is -0.340 e. The molecule has 4 rings (SSSR count). The zero-order valence-electron chi connectivity index (χ0n) is 12.1. The van der Waals surface area contributed by atoms with Crippen molar-refractivity contribution in [2.24, 2.45) is 0 Å². The van der Waals surface area contributed by atoms with Crippen molar-refractivity contribution in [1.29, 1.82) is 0 Å². The van der Waals surface area contributed by atoms with Gasteiger partial charge in [-0.15, -0.1) is 0 Å². The number of nitrogens with one attached hydrogen (secondary N) is 1. The molecule has 0 bridgehead atoms. The number of fused-ring (bicyclic) bond motifs is 1. The molecule has 4 aromatic rings. The van der Waals surface area contributed by atoms with E-state index in [0.29, 0.717) is 11.5 Å². The van der Waals surface area contributed by atoms with E-state index in [1.54, 1.807) is 31.0 Å². The lowest BCUT2D eigenvalue weighted by Crippen LogP contribution is -2.00. The molecule has 0 saturated carbocycles. The number of para-hydroxylation sites is 1. The Kier molecular flexibility index (Phi) is 3.32. The second-order valence-electron chi connectivity index (χ2n) is 4.86. The molecule has 6 heteroatoms. The van der Waals surface area contributed by atoms with Crippen LogP contribution in [-0.2, 0) is 0 Å². The van der Waals surface area contributed by atoms with Crippen molar-refractivity contribution in [2.45, 2.75) is 0 Å². The maximum atomic E-state index is 4.62. The van der Waals surface area contributed by atoms with Gasteiger partial charge in [0.15, 0.2) is 5.82 Å². The minimum absolute atomic E-state index is 0.536. The lowest BCUT2D eigenvalue weighted by atomic mass is 10.2. The summed E-state index contributed by atoms with van der Waals surface area (Å²) in [5.41, 5.74) is 2.39. The van der Waals surface area contributed by atoms with Gasteiger partial charge in [0.25, 0.3) is 0 Å². The van der Waals surface area contributed by atoms with Gasteiger partial charge in [0.1, 0.15) is 11.5 Å². The summed E-state index contributed by atoms with van der Waals surface area (Å²) in [6, 6.07) is 11.6. The van der Waals surface area contributed by atoms with Crippen LogP contribution in [0.2, 0.25) is 0 Å². The summed E-state index contributed by atoms with van der Waals surface area (Å²) in [4.78, 5) is 21.6. The molecule has 0 spiro atoms. The molecule has 0 saturated heterocycles. The molecule has 110 valence electrons. The van der Waals surface area contributed by atoms with Gasteiger partial charge in [-0.1, -0.05) is 12.1 Å². The Morgan fingerprint density at radius 1 is 0.783 bits per heavy atom. The maximum absolute atomic E-state index is 4.62. The molecule has 1 aromatic carbocycles. The fraction of sp³-hybridized carbons (Fsp3) is 0. The number of nitrogens with zero attached hydrogens (tertiary/aromatic N) is 5. The van der Waals surface area contributed by atoms with Gasteiger partial charge in [-0.3, -0.25) is 9.97 Å². The fourth-order valence-electron chi connectivity index (χ4n) is 2.27. The highest BCUT2D eigenvalue weighted by Crippen LogP contribution is 2.26. The Balaban J connectivity index is 1.87. The zero-order valence-corrected chi connectivity index (χ0v) is 12.1. The second kappa shape index (κ2) is 5.76. The first-order valence-corrected chi connectivity index (χ1v) is 7.10. The highest BCUT2D eigenvalue weighted by Gasteiger charge is 2.10. The van der Waals surface area contributed by atoms with Gasteiger partial charge >= 0.3 is 0 Å². The third kappa shape index (κ3) is 2.69. The number of benzene rings is 1. The van der Waals surface area contributed by atoms with Gasteiger partial charge < -0.3 is 5.32 Å². The van der Waals surface area contributed by atoms with E-state index in [9.17, 15) is 0 Å². The number of rotatable bonds is 3. The van der Waals surface area contributed by atoms with Gasteiger partial charge in [0, 0.05) is 35.9 Å². The molecule has 0 amide bonds. The molecule has 0 atom stereocenters. The monoisotopic (exact) mass is 300 g/mol. The fourth-order valence-corrected chi connectivity index (χ4v) is 2.27. The Bertz CT molecular complexity index is 941. The third-order valence-corrected chi connectivity index (χ3v) is 3.34. The highest BCUT2D eigenvalue weighted by molar-refractivity contribution is 5.91. The van der Waals surface area contributed by atoms with Crippen molar-refractivity contribution in [3.8, 4) is 11.5 Å². The smallest absolute Gasteiger partial charge is 0.182 e. The van der Waals surface area contributed by atoms with E-state index in [-0.39, 0.29) is 0 Å². The van der Waals surface area contributed by atoms with Crippen molar-refractivity contribution in [1.82, 2.24) is 24.9 Å². The second-order valence-corrected chi connectivity index (χ2v) is 4.86. The van der Waals surface area contributed by atoms with Crippen molar-refractivity contribution in [3.05, 3.63) is 67.4 Å². The normalized spacial score (nSPS) is 10.6. The van der Waals surface area contributed by atoms with Gasteiger partial charge in [0.05, 0.1) is 11.7 Å².